The van der Waals surface area contributed by atoms with Crippen LogP contribution in [0.3, 0.4) is 0 Å². The van der Waals surface area contributed by atoms with Gasteiger partial charge in [-0.05, 0) is 0 Å². The van der Waals surface area contributed by atoms with Gasteiger partial charge in [0.2, 0.25) is 0 Å². The Morgan fingerprint density at radius 1 is 1.17 bits per heavy atom. The van der Waals surface area contributed by atoms with E-state index in [1.54, 1.807) is 17.6 Å². The van der Waals surface area contributed by atoms with E-state index in [4.69, 9.17) is 0 Å². The summed E-state index contributed by atoms with van der Waals surface area (Å²) in [6, 6.07) is 0. The quantitative estimate of drug-likeness (QED) is 0.677. The number of rotatable bonds is 2. The van der Waals surface area contributed by atoms with E-state index in [1.165, 1.54) is 12.0 Å². The van der Waals surface area contributed by atoms with Gasteiger partial charge >= 0.3 is 120 Å². The first-order valence-electron chi connectivity index (χ1n) is 6.85. The average Bonchev–Trinajstić information content (AvgIpc) is 2.71. The molecule has 0 fully saturated rings. The fourth-order valence-corrected chi connectivity index (χ4v) is 11.4. The third-order valence-corrected chi connectivity index (χ3v) is 12.1. The molecule has 0 nitrogen and oxygen atoms in total. The first kappa shape index (κ1) is 14.1. The molecular formula is C17H24Zr. The van der Waals surface area contributed by atoms with Crippen molar-refractivity contribution in [2.75, 3.05) is 0 Å². The summed E-state index contributed by atoms with van der Waals surface area (Å²) in [6.45, 7) is 13.9. The van der Waals surface area contributed by atoms with Crippen molar-refractivity contribution in [1.29, 1.82) is 0 Å². The molecule has 0 aromatic rings. The zero-order chi connectivity index (χ0) is 13.4. The van der Waals surface area contributed by atoms with Gasteiger partial charge in [-0.2, -0.15) is 0 Å². The van der Waals surface area contributed by atoms with E-state index in [-0.39, 0.29) is 0 Å². The molecule has 1 heteroatoms. The third kappa shape index (κ3) is 2.67. The molecule has 0 spiro atoms. The molecule has 0 bridgehead atoms. The molecule has 0 heterocycles. The zero-order valence-corrected chi connectivity index (χ0v) is 15.0. The summed E-state index contributed by atoms with van der Waals surface area (Å²) >= 11 is -1.72. The van der Waals surface area contributed by atoms with E-state index < -0.39 is 21.3 Å². The topological polar surface area (TPSA) is 0 Å². The Kier molecular flexibility index (Phi) is 4.22. The molecular weight excluding hydrogens is 295 g/mol. The van der Waals surface area contributed by atoms with Crippen molar-refractivity contribution in [2.45, 2.75) is 48.0 Å². The van der Waals surface area contributed by atoms with E-state index >= 15 is 0 Å². The Hall–Kier alpha value is -0.287. The predicted octanol–water partition coefficient (Wildman–Crippen LogP) is 4.92. The summed E-state index contributed by atoms with van der Waals surface area (Å²) in [5.41, 5.74) is 4.59. The average molecular weight is 320 g/mol. The van der Waals surface area contributed by atoms with Gasteiger partial charge in [-0.1, -0.05) is 0 Å². The molecule has 0 N–H and O–H groups in total. The van der Waals surface area contributed by atoms with E-state index in [0.29, 0.717) is 5.92 Å². The van der Waals surface area contributed by atoms with Gasteiger partial charge < -0.3 is 0 Å². The first-order valence-corrected chi connectivity index (χ1v) is 10.5. The minimum absolute atomic E-state index is 0.676. The van der Waals surface area contributed by atoms with Gasteiger partial charge in [0.25, 0.3) is 0 Å². The summed E-state index contributed by atoms with van der Waals surface area (Å²) < 4.78 is 5.32. The zero-order valence-electron chi connectivity index (χ0n) is 12.5. The second kappa shape index (κ2) is 5.37. The summed E-state index contributed by atoms with van der Waals surface area (Å²) in [7, 11) is 0. The van der Waals surface area contributed by atoms with Crippen molar-refractivity contribution >= 4 is 3.21 Å². The van der Waals surface area contributed by atoms with Crippen LogP contribution in [0.25, 0.3) is 0 Å². The monoisotopic (exact) mass is 318 g/mol. The number of allylic oxidation sites excluding steroid dienone is 8. The van der Waals surface area contributed by atoms with Crippen molar-refractivity contribution in [3.63, 3.8) is 0 Å². The molecule has 1 unspecified atom stereocenters. The van der Waals surface area contributed by atoms with Crippen molar-refractivity contribution in [3.05, 3.63) is 41.5 Å². The molecule has 96 valence electrons. The van der Waals surface area contributed by atoms with Crippen LogP contribution in [0.2, 0.25) is 0 Å². The van der Waals surface area contributed by atoms with E-state index in [1.807, 2.05) is 3.28 Å². The maximum atomic E-state index is 2.49. The molecule has 0 radical (unpaired) electrons. The summed E-state index contributed by atoms with van der Waals surface area (Å²) in [5, 5.41) is 0. The van der Waals surface area contributed by atoms with Crippen molar-refractivity contribution in [2.24, 2.45) is 5.92 Å². The van der Waals surface area contributed by atoms with Crippen LogP contribution in [-0.4, -0.2) is 3.21 Å². The summed E-state index contributed by atoms with van der Waals surface area (Å²) in [5.74, 6) is 0.676. The molecule has 18 heavy (non-hydrogen) atoms. The Balaban J connectivity index is 2.44. The van der Waals surface area contributed by atoms with Crippen molar-refractivity contribution < 1.29 is 21.3 Å². The van der Waals surface area contributed by atoms with Crippen molar-refractivity contribution in [1.82, 2.24) is 0 Å². The number of hydrogen-bond donors (Lipinski definition) is 0. The van der Waals surface area contributed by atoms with Gasteiger partial charge in [0.05, 0.1) is 0 Å². The molecule has 0 amide bonds. The molecule has 0 saturated heterocycles. The van der Waals surface area contributed by atoms with Gasteiger partial charge in [-0.15, -0.1) is 0 Å². The Bertz CT molecular complexity index is 532. The van der Waals surface area contributed by atoms with Crippen molar-refractivity contribution in [3.8, 4) is 0 Å². The standard InChI is InChI=1S/2C7H9.C3H6.Zr/c2*1-6-3-4-7(2)5-6;1-3-2;/h5H,3H2,1-2H3;3,5,7H,1-2H3;1-2H3;. The molecule has 2 aliphatic carbocycles. The SMILES string of the molecule is CC1=CC(C)[C]([Zr]([C]2=C(C)C=C(C)C2)=[C](C)C)=C1. The van der Waals surface area contributed by atoms with Gasteiger partial charge in [-0.3, -0.25) is 0 Å². The van der Waals surface area contributed by atoms with Gasteiger partial charge in [-0.25, -0.2) is 0 Å². The normalized spacial score (nSPS) is 23.0. The van der Waals surface area contributed by atoms with Crippen LogP contribution in [0.5, 0.6) is 0 Å². The van der Waals surface area contributed by atoms with Crippen LogP contribution in [0.15, 0.2) is 41.5 Å². The van der Waals surface area contributed by atoms with Gasteiger partial charge in [0, 0.05) is 0 Å². The maximum absolute atomic E-state index is 2.49. The second-order valence-electron chi connectivity index (χ2n) is 6.00. The van der Waals surface area contributed by atoms with Crippen LogP contribution >= 0.6 is 0 Å². The number of hydrogen-bond acceptors (Lipinski definition) is 0. The third-order valence-electron chi connectivity index (χ3n) is 3.87. The molecule has 0 aliphatic heterocycles. The Morgan fingerprint density at radius 3 is 2.22 bits per heavy atom. The minimum atomic E-state index is -1.72. The molecule has 2 aliphatic rings. The Labute approximate surface area is 119 Å². The van der Waals surface area contributed by atoms with E-state index in [9.17, 15) is 0 Å². The molecule has 2 rings (SSSR count). The Morgan fingerprint density at radius 2 is 1.83 bits per heavy atom. The van der Waals surface area contributed by atoms with Crippen LogP contribution in [0, 0.1) is 5.92 Å². The van der Waals surface area contributed by atoms with E-state index in [0.717, 1.165) is 0 Å². The summed E-state index contributed by atoms with van der Waals surface area (Å²) in [6.07, 6.45) is 8.57. The molecule has 0 aromatic heterocycles. The van der Waals surface area contributed by atoms with Gasteiger partial charge in [0.15, 0.2) is 0 Å². The van der Waals surface area contributed by atoms with E-state index in [2.05, 4.69) is 59.8 Å². The fourth-order valence-electron chi connectivity index (χ4n) is 3.19. The van der Waals surface area contributed by atoms with Crippen LogP contribution in [0.1, 0.15) is 48.0 Å². The molecule has 1 atom stereocenters. The first-order chi connectivity index (χ1) is 8.40. The predicted molar refractivity (Wildman–Crippen MR) is 78.4 cm³/mol. The fraction of sp³-hybridized carbons (Fsp3) is 0.471. The van der Waals surface area contributed by atoms with Crippen LogP contribution < -0.4 is 0 Å². The second-order valence-corrected chi connectivity index (χ2v) is 13.2. The van der Waals surface area contributed by atoms with Gasteiger partial charge in [0.1, 0.15) is 0 Å². The molecule has 0 aromatic carbocycles. The summed E-state index contributed by atoms with van der Waals surface area (Å²) in [4.78, 5) is 0. The molecule has 0 saturated carbocycles. The van der Waals surface area contributed by atoms with Crippen LogP contribution in [0.4, 0.5) is 0 Å². The van der Waals surface area contributed by atoms with Crippen LogP contribution in [-0.2, 0) is 21.3 Å².